The van der Waals surface area contributed by atoms with Gasteiger partial charge in [-0.05, 0) is 32.0 Å². The Morgan fingerprint density at radius 1 is 1.14 bits per heavy atom. The standard InChI is InChI=1S/C20H25Cl2N3O4/c1-13(2)25-11-14(9-18(25)26)20(28)24-7-5-23(6-8-24)19(27)12-29-17-4-3-15(21)10-16(17)22/h3-4,10,13-14H,5-9,11-12H2,1-2H3. The zero-order valence-corrected chi connectivity index (χ0v) is 18.1. The molecule has 3 amide bonds. The number of carbonyl (C=O) groups excluding carboxylic acids is 3. The Hall–Kier alpha value is -1.99. The average Bonchev–Trinajstić information content (AvgIpc) is 3.08. The number of benzene rings is 1. The van der Waals surface area contributed by atoms with Gasteiger partial charge in [0.2, 0.25) is 11.8 Å². The Bertz CT molecular complexity index is 794. The Balaban J connectivity index is 1.46. The number of amides is 3. The summed E-state index contributed by atoms with van der Waals surface area (Å²) < 4.78 is 5.50. The van der Waals surface area contributed by atoms with E-state index < -0.39 is 0 Å². The first-order valence-electron chi connectivity index (χ1n) is 9.70. The molecule has 7 nitrogen and oxygen atoms in total. The quantitative estimate of drug-likeness (QED) is 0.702. The summed E-state index contributed by atoms with van der Waals surface area (Å²) in [6.07, 6.45) is 0.270. The third kappa shape index (κ3) is 5.14. The summed E-state index contributed by atoms with van der Waals surface area (Å²) in [4.78, 5) is 42.4. The van der Waals surface area contributed by atoms with Crippen molar-refractivity contribution in [3.8, 4) is 5.75 Å². The first-order chi connectivity index (χ1) is 13.8. The number of piperazine rings is 1. The van der Waals surface area contributed by atoms with E-state index in [1.165, 1.54) is 0 Å². The molecule has 9 heteroatoms. The van der Waals surface area contributed by atoms with E-state index in [-0.39, 0.29) is 42.7 Å². The molecule has 2 aliphatic rings. The fourth-order valence-electron chi connectivity index (χ4n) is 3.65. The van der Waals surface area contributed by atoms with Crippen LogP contribution in [0, 0.1) is 5.92 Å². The molecular weight excluding hydrogens is 417 g/mol. The minimum atomic E-state index is -0.289. The Labute approximate surface area is 180 Å². The van der Waals surface area contributed by atoms with Crippen LogP contribution in [0.1, 0.15) is 20.3 Å². The SMILES string of the molecule is CC(C)N1CC(C(=O)N2CCN(C(=O)COc3ccc(Cl)cc3Cl)CC2)CC1=O. The highest BCUT2D eigenvalue weighted by atomic mass is 35.5. The van der Waals surface area contributed by atoms with Gasteiger partial charge in [-0.1, -0.05) is 23.2 Å². The lowest BCUT2D eigenvalue weighted by Crippen LogP contribution is -2.53. The van der Waals surface area contributed by atoms with E-state index in [4.69, 9.17) is 27.9 Å². The van der Waals surface area contributed by atoms with Crippen molar-refractivity contribution in [2.45, 2.75) is 26.3 Å². The van der Waals surface area contributed by atoms with Gasteiger partial charge in [-0.25, -0.2) is 0 Å². The lowest BCUT2D eigenvalue weighted by Gasteiger charge is -2.36. The van der Waals surface area contributed by atoms with E-state index in [2.05, 4.69) is 0 Å². The predicted octanol–water partition coefficient (Wildman–Crippen LogP) is 2.30. The van der Waals surface area contributed by atoms with Gasteiger partial charge in [-0.2, -0.15) is 0 Å². The maximum atomic E-state index is 12.8. The van der Waals surface area contributed by atoms with Crippen molar-refractivity contribution in [1.82, 2.24) is 14.7 Å². The number of halogens is 2. The normalized spacial score (nSPS) is 19.8. The minimum Gasteiger partial charge on any atom is -0.482 e. The molecule has 0 saturated carbocycles. The zero-order chi connectivity index (χ0) is 21.1. The molecule has 0 radical (unpaired) electrons. The molecule has 2 saturated heterocycles. The van der Waals surface area contributed by atoms with Gasteiger partial charge in [0.25, 0.3) is 5.91 Å². The minimum absolute atomic E-state index is 0.00204. The van der Waals surface area contributed by atoms with Crippen molar-refractivity contribution in [2.24, 2.45) is 5.92 Å². The molecule has 0 spiro atoms. The first kappa shape index (κ1) is 21.7. The van der Waals surface area contributed by atoms with Crippen LogP contribution < -0.4 is 4.74 Å². The summed E-state index contributed by atoms with van der Waals surface area (Å²) in [6.45, 7) is 6.05. The van der Waals surface area contributed by atoms with Gasteiger partial charge in [0.1, 0.15) is 5.75 Å². The van der Waals surface area contributed by atoms with E-state index in [9.17, 15) is 14.4 Å². The highest BCUT2D eigenvalue weighted by Gasteiger charge is 2.38. The predicted molar refractivity (Wildman–Crippen MR) is 110 cm³/mol. The Morgan fingerprint density at radius 3 is 2.38 bits per heavy atom. The molecule has 2 heterocycles. The lowest BCUT2D eigenvalue weighted by molar-refractivity contribution is -0.142. The maximum absolute atomic E-state index is 12.8. The molecular formula is C20H25Cl2N3O4. The number of likely N-dealkylation sites (tertiary alicyclic amines) is 1. The molecule has 1 unspecified atom stereocenters. The summed E-state index contributed by atoms with van der Waals surface area (Å²) in [7, 11) is 0. The van der Waals surface area contributed by atoms with Crippen LogP contribution in [-0.4, -0.2) is 77.8 Å². The molecule has 3 rings (SSSR count). The summed E-state index contributed by atoms with van der Waals surface area (Å²) >= 11 is 11.9. The molecule has 1 aromatic rings. The van der Waals surface area contributed by atoms with Crippen LogP contribution in [0.15, 0.2) is 18.2 Å². The molecule has 158 valence electrons. The van der Waals surface area contributed by atoms with Crippen LogP contribution in [0.4, 0.5) is 0 Å². The van der Waals surface area contributed by atoms with E-state index >= 15 is 0 Å². The van der Waals surface area contributed by atoms with Gasteiger partial charge in [0, 0.05) is 50.2 Å². The van der Waals surface area contributed by atoms with Crippen LogP contribution in [-0.2, 0) is 14.4 Å². The summed E-state index contributed by atoms with van der Waals surface area (Å²) in [5.74, 6) is -0.0190. The fourth-order valence-corrected chi connectivity index (χ4v) is 4.12. The van der Waals surface area contributed by atoms with Crippen molar-refractivity contribution in [2.75, 3.05) is 39.3 Å². The van der Waals surface area contributed by atoms with E-state index in [0.717, 1.165) is 0 Å². The van der Waals surface area contributed by atoms with E-state index in [0.29, 0.717) is 48.5 Å². The third-order valence-electron chi connectivity index (χ3n) is 5.32. The number of nitrogens with zero attached hydrogens (tertiary/aromatic N) is 3. The number of hydrogen-bond donors (Lipinski definition) is 0. The molecule has 1 aromatic carbocycles. The average molecular weight is 442 g/mol. The Kier molecular flexibility index (Phi) is 6.90. The van der Waals surface area contributed by atoms with Crippen LogP contribution in [0.5, 0.6) is 5.75 Å². The summed E-state index contributed by atoms with van der Waals surface area (Å²) in [6, 6.07) is 4.93. The van der Waals surface area contributed by atoms with Crippen molar-refractivity contribution < 1.29 is 19.1 Å². The van der Waals surface area contributed by atoms with Crippen molar-refractivity contribution in [1.29, 1.82) is 0 Å². The lowest BCUT2D eigenvalue weighted by atomic mass is 10.1. The molecule has 0 bridgehead atoms. The second-order valence-electron chi connectivity index (χ2n) is 7.61. The third-order valence-corrected chi connectivity index (χ3v) is 5.85. The largest absolute Gasteiger partial charge is 0.482 e. The number of carbonyl (C=O) groups is 3. The molecule has 29 heavy (non-hydrogen) atoms. The molecule has 1 atom stereocenters. The molecule has 0 N–H and O–H groups in total. The van der Waals surface area contributed by atoms with Crippen molar-refractivity contribution >= 4 is 40.9 Å². The molecule has 0 aliphatic carbocycles. The second-order valence-corrected chi connectivity index (χ2v) is 8.45. The zero-order valence-electron chi connectivity index (χ0n) is 16.6. The monoisotopic (exact) mass is 441 g/mol. The van der Waals surface area contributed by atoms with Gasteiger partial charge in [0.15, 0.2) is 6.61 Å². The first-order valence-corrected chi connectivity index (χ1v) is 10.5. The van der Waals surface area contributed by atoms with Gasteiger partial charge in [-0.15, -0.1) is 0 Å². The molecule has 2 aliphatic heterocycles. The van der Waals surface area contributed by atoms with Gasteiger partial charge < -0.3 is 19.4 Å². The number of ether oxygens (including phenoxy) is 1. The van der Waals surface area contributed by atoms with Crippen LogP contribution in [0.2, 0.25) is 10.0 Å². The van der Waals surface area contributed by atoms with Crippen molar-refractivity contribution in [3.05, 3.63) is 28.2 Å². The second kappa shape index (κ2) is 9.22. The van der Waals surface area contributed by atoms with Gasteiger partial charge in [-0.3, -0.25) is 14.4 Å². The number of hydrogen-bond acceptors (Lipinski definition) is 4. The van der Waals surface area contributed by atoms with Crippen LogP contribution in [0.3, 0.4) is 0 Å². The topological polar surface area (TPSA) is 70.2 Å². The van der Waals surface area contributed by atoms with E-state index in [1.54, 1.807) is 32.9 Å². The summed E-state index contributed by atoms with van der Waals surface area (Å²) in [5.41, 5.74) is 0. The smallest absolute Gasteiger partial charge is 0.260 e. The maximum Gasteiger partial charge on any atom is 0.260 e. The van der Waals surface area contributed by atoms with Crippen LogP contribution >= 0.6 is 23.2 Å². The highest BCUT2D eigenvalue weighted by molar-refractivity contribution is 6.35. The molecule has 2 fully saturated rings. The van der Waals surface area contributed by atoms with Crippen molar-refractivity contribution in [3.63, 3.8) is 0 Å². The van der Waals surface area contributed by atoms with Gasteiger partial charge in [0.05, 0.1) is 10.9 Å². The number of rotatable bonds is 5. The molecule has 0 aromatic heterocycles. The van der Waals surface area contributed by atoms with Crippen LogP contribution in [0.25, 0.3) is 0 Å². The van der Waals surface area contributed by atoms with E-state index in [1.807, 2.05) is 13.8 Å². The van der Waals surface area contributed by atoms with Gasteiger partial charge >= 0.3 is 0 Å². The highest BCUT2D eigenvalue weighted by Crippen LogP contribution is 2.27. The summed E-state index contributed by atoms with van der Waals surface area (Å²) in [5, 5.41) is 0.845. The Morgan fingerprint density at radius 2 is 1.79 bits per heavy atom. The fraction of sp³-hybridized carbons (Fsp3) is 0.550.